The van der Waals surface area contributed by atoms with Crippen molar-refractivity contribution in [1.82, 2.24) is 4.90 Å². The standard InChI is InChI=1S/C38H70N2O13/c1-15-26-38(10,45)31(42)21(4)28(39-46)19(2)17-37(9,48-14)33(53-35-29(41)25(40(11)12)16-20(3)49-35)22(5)30(23(6)34(44)51-26)52-27-18-36(8,47-13)32(43)24(7)50-27/h19-27,29-33,35,41-43,45-46H,15-18H2,1-14H3/b39-28+/t19-,20-,21+,22-,23-,24+,25+,26-,27+,29-,30+,31+,32+,33-,35+,36-,37-,38-/m1/s1. The van der Waals surface area contributed by atoms with Crippen LogP contribution in [0.25, 0.3) is 0 Å². The second-order valence-electron chi connectivity index (χ2n) is 16.8. The molecule has 0 radical (unpaired) electrons. The Bertz CT molecular complexity index is 1220. The Morgan fingerprint density at radius 1 is 0.887 bits per heavy atom. The smallest absolute Gasteiger partial charge is 0.311 e. The van der Waals surface area contributed by atoms with Gasteiger partial charge in [0.2, 0.25) is 0 Å². The maximum Gasteiger partial charge on any atom is 0.311 e. The lowest BCUT2D eigenvalue weighted by molar-refractivity contribution is -0.319. The van der Waals surface area contributed by atoms with Gasteiger partial charge in [-0.15, -0.1) is 0 Å². The molecule has 0 aromatic rings. The van der Waals surface area contributed by atoms with Gasteiger partial charge in [0.1, 0.15) is 23.9 Å². The lowest BCUT2D eigenvalue weighted by Gasteiger charge is -2.50. The van der Waals surface area contributed by atoms with Crippen molar-refractivity contribution in [2.45, 2.75) is 179 Å². The van der Waals surface area contributed by atoms with E-state index in [1.54, 1.807) is 34.6 Å². The number of hydrogen-bond acceptors (Lipinski definition) is 15. The molecule has 3 rings (SSSR count). The van der Waals surface area contributed by atoms with Gasteiger partial charge in [0.05, 0.1) is 53.4 Å². The van der Waals surface area contributed by atoms with E-state index >= 15 is 0 Å². The summed E-state index contributed by atoms with van der Waals surface area (Å²) in [6, 6.07) is -0.282. The Morgan fingerprint density at radius 3 is 2.02 bits per heavy atom. The van der Waals surface area contributed by atoms with E-state index in [4.69, 9.17) is 33.2 Å². The molecule has 0 spiro atoms. The van der Waals surface area contributed by atoms with Gasteiger partial charge in [-0.3, -0.25) is 4.79 Å². The third-order valence-electron chi connectivity index (χ3n) is 12.4. The fourth-order valence-electron chi connectivity index (χ4n) is 8.78. The molecular weight excluding hydrogens is 692 g/mol. The van der Waals surface area contributed by atoms with E-state index < -0.39 is 102 Å². The highest BCUT2D eigenvalue weighted by molar-refractivity contribution is 5.88. The zero-order valence-electron chi connectivity index (χ0n) is 34.4. The lowest BCUT2D eigenvalue weighted by Crippen LogP contribution is -2.61. The summed E-state index contributed by atoms with van der Waals surface area (Å²) >= 11 is 0. The molecule has 3 aliphatic rings. The van der Waals surface area contributed by atoms with Crippen LogP contribution in [0.15, 0.2) is 5.16 Å². The van der Waals surface area contributed by atoms with Crippen LogP contribution in [0, 0.1) is 23.7 Å². The number of aliphatic hydroxyl groups is 4. The second kappa shape index (κ2) is 18.2. The lowest BCUT2D eigenvalue weighted by atomic mass is 9.73. The molecule has 310 valence electrons. The molecule has 0 amide bonds. The summed E-state index contributed by atoms with van der Waals surface area (Å²) in [6.07, 6.45) is -8.53. The number of ether oxygens (including phenoxy) is 7. The number of aliphatic hydroxyl groups excluding tert-OH is 3. The van der Waals surface area contributed by atoms with Crippen LogP contribution in [0.2, 0.25) is 0 Å². The molecule has 18 atom stereocenters. The van der Waals surface area contributed by atoms with Gasteiger partial charge in [-0.25, -0.2) is 0 Å². The van der Waals surface area contributed by atoms with Crippen molar-refractivity contribution >= 4 is 11.7 Å². The van der Waals surface area contributed by atoms with Crippen molar-refractivity contribution in [2.75, 3.05) is 28.3 Å². The van der Waals surface area contributed by atoms with Crippen LogP contribution in [0.3, 0.4) is 0 Å². The van der Waals surface area contributed by atoms with Crippen LogP contribution in [-0.2, 0) is 38.0 Å². The molecule has 0 aliphatic carbocycles. The first-order valence-corrected chi connectivity index (χ1v) is 19.1. The highest BCUT2D eigenvalue weighted by Crippen LogP contribution is 2.42. The highest BCUT2D eigenvalue weighted by Gasteiger charge is 2.54. The number of cyclic esters (lactones) is 1. The number of likely N-dealkylation sites (N-methyl/N-ethyl adjacent to an activating group) is 1. The Morgan fingerprint density at radius 2 is 1.49 bits per heavy atom. The molecule has 3 fully saturated rings. The van der Waals surface area contributed by atoms with E-state index in [9.17, 15) is 30.4 Å². The molecule has 3 aliphatic heterocycles. The van der Waals surface area contributed by atoms with Crippen LogP contribution in [0.5, 0.6) is 0 Å². The van der Waals surface area contributed by atoms with Crippen LogP contribution >= 0.6 is 0 Å². The summed E-state index contributed by atoms with van der Waals surface area (Å²) in [7, 11) is 6.80. The fourth-order valence-corrected chi connectivity index (χ4v) is 8.78. The number of esters is 1. The summed E-state index contributed by atoms with van der Waals surface area (Å²) in [4.78, 5) is 16.2. The summed E-state index contributed by atoms with van der Waals surface area (Å²) in [5.74, 6) is -3.82. The molecule has 0 aromatic heterocycles. The molecule has 3 heterocycles. The zero-order chi connectivity index (χ0) is 40.4. The minimum atomic E-state index is -1.94. The average molecular weight is 763 g/mol. The molecule has 3 saturated heterocycles. The van der Waals surface area contributed by atoms with E-state index in [-0.39, 0.29) is 37.1 Å². The molecule has 15 heteroatoms. The first-order chi connectivity index (χ1) is 24.5. The summed E-state index contributed by atoms with van der Waals surface area (Å²) in [6.45, 7) is 17.3. The Kier molecular flexibility index (Phi) is 15.7. The SMILES string of the molecule is CC[C@H]1OC(=O)[C@H](C)[C@@H](O[C@H]2C[C@@](C)(OC)[C@@H](O)[C@H](C)O2)[C@@H](C)[C@@H](O[C@@H]2O[C@H](C)C[C@H](N(C)C)[C@H]2O)[C@](C)(OC)C[C@@H](C)/C(=N\O)[C@H](C)[C@H](O)[C@]1(C)O. The van der Waals surface area contributed by atoms with Gasteiger partial charge < -0.3 is 63.7 Å². The van der Waals surface area contributed by atoms with Gasteiger partial charge in [0.15, 0.2) is 12.6 Å². The predicted molar refractivity (Wildman–Crippen MR) is 195 cm³/mol. The molecule has 0 saturated carbocycles. The zero-order valence-corrected chi connectivity index (χ0v) is 34.4. The Balaban J connectivity index is 2.25. The van der Waals surface area contributed by atoms with Crippen molar-refractivity contribution < 1.29 is 63.6 Å². The molecular formula is C38H70N2O13. The third kappa shape index (κ3) is 9.73. The van der Waals surface area contributed by atoms with E-state index in [1.165, 1.54) is 21.1 Å². The summed E-state index contributed by atoms with van der Waals surface area (Å²) < 4.78 is 44.1. The van der Waals surface area contributed by atoms with Crippen molar-refractivity contribution in [3.63, 3.8) is 0 Å². The topological polar surface area (TPSA) is 198 Å². The van der Waals surface area contributed by atoms with Crippen molar-refractivity contribution in [3.8, 4) is 0 Å². The van der Waals surface area contributed by atoms with E-state index in [0.717, 1.165) is 0 Å². The normalized spacial score (nSPS) is 49.1. The van der Waals surface area contributed by atoms with Gasteiger partial charge in [-0.1, -0.05) is 32.9 Å². The maximum absolute atomic E-state index is 14.2. The van der Waals surface area contributed by atoms with Crippen LogP contribution in [-0.4, -0.2) is 155 Å². The van der Waals surface area contributed by atoms with Gasteiger partial charge in [0.25, 0.3) is 0 Å². The first-order valence-electron chi connectivity index (χ1n) is 19.1. The van der Waals surface area contributed by atoms with Crippen LogP contribution in [0.4, 0.5) is 0 Å². The van der Waals surface area contributed by atoms with E-state index in [1.807, 2.05) is 46.7 Å². The molecule has 5 N–H and O–H groups in total. The summed E-state index contributed by atoms with van der Waals surface area (Å²) in [5.41, 5.74) is -3.99. The molecule has 0 bridgehead atoms. The van der Waals surface area contributed by atoms with Gasteiger partial charge in [-0.05, 0) is 74.9 Å². The van der Waals surface area contributed by atoms with Crippen LogP contribution in [0.1, 0.15) is 94.9 Å². The average Bonchev–Trinajstić information content (AvgIpc) is 3.10. The number of rotatable bonds is 8. The second-order valence-corrected chi connectivity index (χ2v) is 16.8. The van der Waals surface area contributed by atoms with Gasteiger partial charge >= 0.3 is 5.97 Å². The Hall–Kier alpha value is -1.50. The van der Waals surface area contributed by atoms with Crippen molar-refractivity contribution in [2.24, 2.45) is 28.8 Å². The number of methoxy groups -OCH3 is 2. The molecule has 53 heavy (non-hydrogen) atoms. The number of carbonyl (C=O) groups excluding carboxylic acids is 1. The number of oxime groups is 1. The highest BCUT2D eigenvalue weighted by atomic mass is 16.7. The van der Waals surface area contributed by atoms with Gasteiger partial charge in [-0.2, -0.15) is 0 Å². The van der Waals surface area contributed by atoms with Crippen molar-refractivity contribution in [3.05, 3.63) is 0 Å². The molecule has 15 nitrogen and oxygen atoms in total. The minimum Gasteiger partial charge on any atom is -0.459 e. The number of carbonyl (C=O) groups is 1. The predicted octanol–water partition coefficient (Wildman–Crippen LogP) is 2.70. The third-order valence-corrected chi connectivity index (χ3v) is 12.4. The van der Waals surface area contributed by atoms with Crippen molar-refractivity contribution in [1.29, 1.82) is 0 Å². The maximum atomic E-state index is 14.2. The molecule has 0 unspecified atom stereocenters. The van der Waals surface area contributed by atoms with Gasteiger partial charge in [0, 0.05) is 44.4 Å². The van der Waals surface area contributed by atoms with E-state index in [0.29, 0.717) is 6.42 Å². The van der Waals surface area contributed by atoms with E-state index in [2.05, 4.69) is 5.16 Å². The summed E-state index contributed by atoms with van der Waals surface area (Å²) in [5, 5.41) is 59.8. The number of hydrogen-bond donors (Lipinski definition) is 5. The quantitative estimate of drug-likeness (QED) is 0.137. The number of nitrogens with zero attached hydrogens (tertiary/aromatic N) is 2. The van der Waals surface area contributed by atoms with Crippen LogP contribution < -0.4 is 0 Å². The minimum absolute atomic E-state index is 0.128. The molecule has 0 aromatic carbocycles. The largest absolute Gasteiger partial charge is 0.459 e. The first kappa shape index (κ1) is 45.9. The monoisotopic (exact) mass is 762 g/mol. The Labute approximate surface area is 316 Å². The fraction of sp³-hybridized carbons (Fsp3) is 0.947.